The van der Waals surface area contributed by atoms with Gasteiger partial charge >= 0.3 is 6.03 Å². The van der Waals surface area contributed by atoms with E-state index in [-0.39, 0.29) is 23.6 Å². The number of hydrogen-bond acceptors (Lipinski definition) is 6. The van der Waals surface area contributed by atoms with Crippen molar-refractivity contribution in [3.63, 3.8) is 0 Å². The first-order valence-corrected chi connectivity index (χ1v) is 9.86. The van der Waals surface area contributed by atoms with Crippen molar-refractivity contribution in [3.05, 3.63) is 56.5 Å². The van der Waals surface area contributed by atoms with Crippen LogP contribution in [0.5, 0.6) is 11.5 Å². The minimum Gasteiger partial charge on any atom is -0.508 e. The minimum absolute atomic E-state index is 0.0381. The SMILES string of the molecule is NC(=O)COc1c(Br)cc(/C=C2\C(=O)NC(=O)N(c3ccc(O)cc3)C2=O)cc1Br. The van der Waals surface area contributed by atoms with Crippen molar-refractivity contribution in [2.45, 2.75) is 0 Å². The third-order valence-corrected chi connectivity index (χ3v) is 5.08. The van der Waals surface area contributed by atoms with Crippen LogP contribution in [0, 0.1) is 0 Å². The second-order valence-electron chi connectivity index (χ2n) is 6.04. The average Bonchev–Trinajstić information content (AvgIpc) is 2.65. The molecule has 5 amide bonds. The normalized spacial score (nSPS) is 15.3. The van der Waals surface area contributed by atoms with Crippen molar-refractivity contribution >= 4 is 67.4 Å². The monoisotopic (exact) mass is 537 g/mol. The Kier molecular flexibility index (Phi) is 6.22. The fourth-order valence-electron chi connectivity index (χ4n) is 2.60. The minimum atomic E-state index is -0.898. The zero-order valence-corrected chi connectivity index (χ0v) is 18.2. The first kappa shape index (κ1) is 21.5. The van der Waals surface area contributed by atoms with Crippen LogP contribution < -0.4 is 20.7 Å². The van der Waals surface area contributed by atoms with Gasteiger partial charge in [-0.05, 0) is 79.9 Å². The predicted molar refractivity (Wildman–Crippen MR) is 114 cm³/mol. The van der Waals surface area contributed by atoms with Crippen LogP contribution in [-0.2, 0) is 14.4 Å². The predicted octanol–water partition coefficient (Wildman–Crippen LogP) is 2.45. The van der Waals surface area contributed by atoms with E-state index in [2.05, 4.69) is 37.2 Å². The summed E-state index contributed by atoms with van der Waals surface area (Å²) >= 11 is 6.60. The molecule has 1 fully saturated rings. The number of phenols is 1. The van der Waals surface area contributed by atoms with E-state index in [1.165, 1.54) is 30.3 Å². The Morgan fingerprint density at radius 3 is 2.30 bits per heavy atom. The van der Waals surface area contributed by atoms with Crippen molar-refractivity contribution in [2.24, 2.45) is 5.73 Å². The van der Waals surface area contributed by atoms with Gasteiger partial charge in [0.1, 0.15) is 17.1 Å². The first-order chi connectivity index (χ1) is 14.2. The van der Waals surface area contributed by atoms with Crippen LogP contribution in [0.2, 0.25) is 0 Å². The van der Waals surface area contributed by atoms with E-state index >= 15 is 0 Å². The number of carbonyl (C=O) groups is 4. The summed E-state index contributed by atoms with van der Waals surface area (Å²) in [5.41, 5.74) is 5.43. The molecule has 1 saturated heterocycles. The number of imide groups is 2. The molecule has 11 heteroatoms. The smallest absolute Gasteiger partial charge is 0.335 e. The van der Waals surface area contributed by atoms with Gasteiger partial charge in [-0.2, -0.15) is 0 Å². The number of nitrogens with two attached hydrogens (primary N) is 1. The van der Waals surface area contributed by atoms with Crippen LogP contribution in [0.4, 0.5) is 10.5 Å². The fourth-order valence-corrected chi connectivity index (χ4v) is 4.06. The molecular weight excluding hydrogens is 526 g/mol. The van der Waals surface area contributed by atoms with Gasteiger partial charge in [0.05, 0.1) is 14.6 Å². The first-order valence-electron chi connectivity index (χ1n) is 8.28. The molecule has 0 aromatic heterocycles. The van der Waals surface area contributed by atoms with Crippen LogP contribution in [0.15, 0.2) is 50.9 Å². The van der Waals surface area contributed by atoms with Gasteiger partial charge in [0, 0.05) is 0 Å². The second kappa shape index (κ2) is 8.67. The molecule has 0 spiro atoms. The Morgan fingerprint density at radius 2 is 1.73 bits per heavy atom. The number of nitrogens with one attached hydrogen (secondary N) is 1. The molecule has 0 bridgehead atoms. The molecule has 30 heavy (non-hydrogen) atoms. The number of anilines is 1. The maximum Gasteiger partial charge on any atom is 0.335 e. The van der Waals surface area contributed by atoms with Crippen LogP contribution in [0.1, 0.15) is 5.56 Å². The molecule has 9 nitrogen and oxygen atoms in total. The van der Waals surface area contributed by atoms with E-state index in [4.69, 9.17) is 10.5 Å². The van der Waals surface area contributed by atoms with Crippen LogP contribution >= 0.6 is 31.9 Å². The maximum atomic E-state index is 12.9. The number of carbonyl (C=O) groups excluding carboxylic acids is 4. The van der Waals surface area contributed by atoms with E-state index in [0.717, 1.165) is 4.90 Å². The highest BCUT2D eigenvalue weighted by Gasteiger charge is 2.36. The maximum absolute atomic E-state index is 12.9. The van der Waals surface area contributed by atoms with Crippen molar-refractivity contribution in [1.82, 2.24) is 5.32 Å². The lowest BCUT2D eigenvalue weighted by Crippen LogP contribution is -2.54. The summed E-state index contributed by atoms with van der Waals surface area (Å²) < 4.78 is 6.20. The molecule has 154 valence electrons. The van der Waals surface area contributed by atoms with Gasteiger partial charge in [-0.25, -0.2) is 9.69 Å². The number of hydrogen-bond donors (Lipinski definition) is 3. The number of benzene rings is 2. The number of phenolic OH excluding ortho intramolecular Hbond substituents is 1. The Hall–Kier alpha value is -3.18. The quantitative estimate of drug-likeness (QED) is 0.394. The molecule has 0 atom stereocenters. The fraction of sp³-hybridized carbons (Fsp3) is 0.0526. The third-order valence-electron chi connectivity index (χ3n) is 3.90. The Morgan fingerprint density at radius 1 is 1.13 bits per heavy atom. The number of nitrogens with zero attached hydrogens (tertiary/aromatic N) is 1. The van der Waals surface area contributed by atoms with Crippen molar-refractivity contribution in [2.75, 3.05) is 11.5 Å². The number of ether oxygens (including phenoxy) is 1. The van der Waals surface area contributed by atoms with Gasteiger partial charge in [0.25, 0.3) is 17.7 Å². The Labute approximate surface area is 186 Å². The van der Waals surface area contributed by atoms with E-state index in [1.54, 1.807) is 12.1 Å². The van der Waals surface area contributed by atoms with Crippen LogP contribution in [0.3, 0.4) is 0 Å². The summed E-state index contributed by atoms with van der Waals surface area (Å²) in [5.74, 6) is -2.04. The highest BCUT2D eigenvalue weighted by Crippen LogP contribution is 2.35. The molecule has 3 rings (SSSR count). The second-order valence-corrected chi connectivity index (χ2v) is 7.75. The largest absolute Gasteiger partial charge is 0.508 e. The number of amides is 5. The number of primary amides is 1. The molecule has 0 aliphatic carbocycles. The van der Waals surface area contributed by atoms with E-state index in [9.17, 15) is 24.3 Å². The summed E-state index contributed by atoms with van der Waals surface area (Å²) in [7, 11) is 0. The van der Waals surface area contributed by atoms with Gasteiger partial charge < -0.3 is 15.6 Å². The van der Waals surface area contributed by atoms with Gasteiger partial charge in [-0.3, -0.25) is 19.7 Å². The molecule has 2 aromatic carbocycles. The standard InChI is InChI=1S/C19H13Br2N3O6/c20-13-6-9(7-14(21)16(13)30-8-15(22)26)5-12-17(27)23-19(29)24(18(12)28)10-1-3-11(25)4-2-10/h1-7,25H,8H2,(H2,22,26)(H,23,27,29)/b12-5+. The topological polar surface area (TPSA) is 139 Å². The van der Waals surface area contributed by atoms with E-state index < -0.39 is 23.8 Å². The van der Waals surface area contributed by atoms with Gasteiger partial charge in [-0.1, -0.05) is 0 Å². The molecule has 0 radical (unpaired) electrons. The Bertz CT molecular complexity index is 1070. The molecule has 1 aliphatic heterocycles. The molecule has 1 aliphatic rings. The number of halogens is 2. The van der Waals surface area contributed by atoms with Crippen molar-refractivity contribution in [1.29, 1.82) is 0 Å². The van der Waals surface area contributed by atoms with E-state index in [1.807, 2.05) is 0 Å². The van der Waals surface area contributed by atoms with Gasteiger partial charge in [-0.15, -0.1) is 0 Å². The van der Waals surface area contributed by atoms with Crippen LogP contribution in [-0.4, -0.2) is 35.5 Å². The number of urea groups is 1. The summed E-state index contributed by atoms with van der Waals surface area (Å²) in [4.78, 5) is 49.0. The zero-order valence-electron chi connectivity index (χ0n) is 15.0. The molecule has 0 saturated carbocycles. The summed E-state index contributed by atoms with van der Waals surface area (Å²) in [6, 6.07) is 7.61. The highest BCUT2D eigenvalue weighted by molar-refractivity contribution is 9.11. The molecule has 2 aromatic rings. The molecule has 0 unspecified atom stereocenters. The van der Waals surface area contributed by atoms with Crippen molar-refractivity contribution in [3.8, 4) is 11.5 Å². The Balaban J connectivity index is 1.96. The lowest BCUT2D eigenvalue weighted by molar-refractivity contribution is -0.123. The molecular formula is C19H13Br2N3O6. The number of barbiturate groups is 1. The molecule has 4 N–H and O–H groups in total. The number of rotatable bonds is 5. The summed E-state index contributed by atoms with van der Waals surface area (Å²) in [5, 5.41) is 11.5. The van der Waals surface area contributed by atoms with Crippen LogP contribution in [0.25, 0.3) is 6.08 Å². The summed E-state index contributed by atoms with van der Waals surface area (Å²) in [6.45, 7) is -0.331. The lowest BCUT2D eigenvalue weighted by atomic mass is 10.1. The summed E-state index contributed by atoms with van der Waals surface area (Å²) in [6.07, 6.45) is 1.31. The van der Waals surface area contributed by atoms with Gasteiger partial charge in [0.2, 0.25) is 0 Å². The molecule has 1 heterocycles. The third kappa shape index (κ3) is 4.52. The highest BCUT2D eigenvalue weighted by atomic mass is 79.9. The van der Waals surface area contributed by atoms with Crippen molar-refractivity contribution < 1.29 is 29.0 Å². The number of aromatic hydroxyl groups is 1. The lowest BCUT2D eigenvalue weighted by Gasteiger charge is -2.26. The zero-order chi connectivity index (χ0) is 22.0. The van der Waals surface area contributed by atoms with Gasteiger partial charge in [0.15, 0.2) is 6.61 Å². The average molecular weight is 539 g/mol. The van der Waals surface area contributed by atoms with E-state index in [0.29, 0.717) is 20.3 Å².